The van der Waals surface area contributed by atoms with Gasteiger partial charge in [0.1, 0.15) is 6.61 Å². The molecular formula is C13H16O6S. The second-order valence-electron chi connectivity index (χ2n) is 4.69. The Morgan fingerprint density at radius 3 is 2.45 bits per heavy atom. The first-order valence-corrected chi connectivity index (χ1v) is 7.64. The SMILES string of the molecule is Cc1ccc(S(=O)(=O)O[C@@H](CO)OC(=O)C2CC2)cc1. The van der Waals surface area contributed by atoms with Crippen LogP contribution in [0.1, 0.15) is 18.4 Å². The van der Waals surface area contributed by atoms with Crippen LogP contribution in [-0.2, 0) is 23.8 Å². The summed E-state index contributed by atoms with van der Waals surface area (Å²) in [5.41, 5.74) is 0.905. The number of hydrogen-bond donors (Lipinski definition) is 1. The number of aryl methyl sites for hydroxylation is 1. The Bertz CT molecular complexity index is 573. The highest BCUT2D eigenvalue weighted by Crippen LogP contribution is 2.30. The standard InChI is InChI=1S/C13H16O6S/c1-9-2-6-11(7-3-9)20(16,17)19-12(8-14)18-13(15)10-4-5-10/h2-3,6-7,10,12,14H,4-5,8H2,1H3/t12-/m0/s1. The van der Waals surface area contributed by atoms with Crippen molar-refractivity contribution in [2.24, 2.45) is 5.92 Å². The maximum atomic E-state index is 12.0. The van der Waals surface area contributed by atoms with Crippen molar-refractivity contribution < 1.29 is 27.2 Å². The van der Waals surface area contributed by atoms with Crippen LogP contribution in [0.2, 0.25) is 0 Å². The molecule has 0 unspecified atom stereocenters. The van der Waals surface area contributed by atoms with Crippen molar-refractivity contribution >= 4 is 16.1 Å². The van der Waals surface area contributed by atoms with Crippen molar-refractivity contribution in [3.63, 3.8) is 0 Å². The molecule has 6 nitrogen and oxygen atoms in total. The van der Waals surface area contributed by atoms with Gasteiger partial charge in [-0.3, -0.25) is 4.79 Å². The number of esters is 1. The molecule has 0 spiro atoms. The summed E-state index contributed by atoms with van der Waals surface area (Å²) in [5.74, 6) is -0.738. The Labute approximate surface area is 117 Å². The average Bonchev–Trinajstić information content (AvgIpc) is 3.22. The first-order valence-electron chi connectivity index (χ1n) is 6.23. The highest BCUT2D eigenvalue weighted by molar-refractivity contribution is 7.86. The van der Waals surface area contributed by atoms with Crippen molar-refractivity contribution in [1.82, 2.24) is 0 Å². The number of hydrogen-bond acceptors (Lipinski definition) is 6. The van der Waals surface area contributed by atoms with E-state index in [9.17, 15) is 13.2 Å². The highest BCUT2D eigenvalue weighted by Gasteiger charge is 2.34. The molecule has 1 saturated carbocycles. The Kier molecular flexibility index (Phi) is 4.42. The number of aliphatic hydroxyl groups is 1. The zero-order valence-electron chi connectivity index (χ0n) is 11.0. The van der Waals surface area contributed by atoms with Crippen LogP contribution >= 0.6 is 0 Å². The third kappa shape index (κ3) is 3.78. The van der Waals surface area contributed by atoms with Gasteiger partial charge in [0.15, 0.2) is 0 Å². The molecule has 0 amide bonds. The summed E-state index contributed by atoms with van der Waals surface area (Å²) >= 11 is 0. The van der Waals surface area contributed by atoms with E-state index in [1.807, 2.05) is 6.92 Å². The van der Waals surface area contributed by atoms with Gasteiger partial charge in [0, 0.05) is 0 Å². The van der Waals surface area contributed by atoms with E-state index in [0.717, 1.165) is 18.4 Å². The van der Waals surface area contributed by atoms with Gasteiger partial charge in [-0.15, -0.1) is 0 Å². The fraction of sp³-hybridized carbons (Fsp3) is 0.462. The van der Waals surface area contributed by atoms with E-state index in [2.05, 4.69) is 0 Å². The minimum atomic E-state index is -4.08. The van der Waals surface area contributed by atoms with Crippen LogP contribution in [0.4, 0.5) is 0 Å². The number of carbonyl (C=O) groups excluding carboxylic acids is 1. The highest BCUT2D eigenvalue weighted by atomic mass is 32.2. The van der Waals surface area contributed by atoms with E-state index < -0.39 is 29.0 Å². The lowest BCUT2D eigenvalue weighted by Crippen LogP contribution is -2.28. The lowest BCUT2D eigenvalue weighted by molar-refractivity contribution is -0.169. The van der Waals surface area contributed by atoms with E-state index in [4.69, 9.17) is 14.0 Å². The van der Waals surface area contributed by atoms with Crippen molar-refractivity contribution in [3.8, 4) is 0 Å². The van der Waals surface area contributed by atoms with Gasteiger partial charge in [0.05, 0.1) is 10.8 Å². The molecule has 1 aliphatic carbocycles. The van der Waals surface area contributed by atoms with Crippen molar-refractivity contribution in [3.05, 3.63) is 29.8 Å². The molecule has 110 valence electrons. The molecule has 1 fully saturated rings. The Morgan fingerprint density at radius 2 is 1.95 bits per heavy atom. The summed E-state index contributed by atoms with van der Waals surface area (Å²) < 4.78 is 33.5. The third-order valence-electron chi connectivity index (χ3n) is 2.85. The van der Waals surface area contributed by atoms with Crippen LogP contribution < -0.4 is 0 Å². The molecular weight excluding hydrogens is 284 g/mol. The minimum absolute atomic E-state index is 0.0518. The second-order valence-corrected chi connectivity index (χ2v) is 6.26. The van der Waals surface area contributed by atoms with Gasteiger partial charge >= 0.3 is 5.97 Å². The first-order chi connectivity index (χ1) is 9.42. The number of rotatable bonds is 6. The molecule has 20 heavy (non-hydrogen) atoms. The summed E-state index contributed by atoms with van der Waals surface area (Å²) in [7, 11) is -4.08. The smallest absolute Gasteiger partial charge is 0.311 e. The summed E-state index contributed by atoms with van der Waals surface area (Å²) in [4.78, 5) is 11.4. The predicted octanol–water partition coefficient (Wildman–Crippen LogP) is 0.972. The monoisotopic (exact) mass is 300 g/mol. The van der Waals surface area contributed by atoms with Gasteiger partial charge in [-0.2, -0.15) is 8.42 Å². The predicted molar refractivity (Wildman–Crippen MR) is 69.1 cm³/mol. The average molecular weight is 300 g/mol. The van der Waals surface area contributed by atoms with Crippen molar-refractivity contribution in [2.45, 2.75) is 31.0 Å². The van der Waals surface area contributed by atoms with Gasteiger partial charge in [-0.25, -0.2) is 4.18 Å². The maximum absolute atomic E-state index is 12.0. The molecule has 1 atom stereocenters. The molecule has 7 heteroatoms. The number of carbonyl (C=O) groups is 1. The lowest BCUT2D eigenvalue weighted by atomic mass is 10.2. The van der Waals surface area contributed by atoms with Gasteiger partial charge in [-0.05, 0) is 31.9 Å². The van der Waals surface area contributed by atoms with Gasteiger partial charge in [-0.1, -0.05) is 17.7 Å². The topological polar surface area (TPSA) is 89.9 Å². The van der Waals surface area contributed by atoms with Crippen LogP contribution in [0.5, 0.6) is 0 Å². The van der Waals surface area contributed by atoms with Crippen molar-refractivity contribution in [1.29, 1.82) is 0 Å². The third-order valence-corrected chi connectivity index (χ3v) is 4.17. The molecule has 1 aromatic rings. The summed E-state index contributed by atoms with van der Waals surface area (Å²) in [5, 5.41) is 9.06. The van der Waals surface area contributed by atoms with Crippen LogP contribution in [-0.4, -0.2) is 32.4 Å². The van der Waals surface area contributed by atoms with E-state index in [1.165, 1.54) is 12.1 Å². The molecule has 0 radical (unpaired) electrons. The fourth-order valence-corrected chi connectivity index (χ4v) is 2.50. The van der Waals surface area contributed by atoms with Gasteiger partial charge < -0.3 is 9.84 Å². The van der Waals surface area contributed by atoms with Crippen LogP contribution in [0.3, 0.4) is 0 Å². The summed E-state index contributed by atoms with van der Waals surface area (Å²) in [6.07, 6.45) is -0.0574. The Balaban J connectivity index is 2.04. The molecule has 0 heterocycles. The minimum Gasteiger partial charge on any atom is -0.432 e. The van der Waals surface area contributed by atoms with E-state index >= 15 is 0 Å². The second kappa shape index (κ2) is 5.90. The largest absolute Gasteiger partial charge is 0.432 e. The number of aliphatic hydroxyl groups excluding tert-OH is 1. The van der Waals surface area contributed by atoms with Crippen LogP contribution in [0.15, 0.2) is 29.2 Å². The summed E-state index contributed by atoms with van der Waals surface area (Å²) in [6.45, 7) is 1.11. The normalized spacial score (nSPS) is 16.7. The molecule has 1 aromatic carbocycles. The van der Waals surface area contributed by atoms with Crippen LogP contribution in [0.25, 0.3) is 0 Å². The van der Waals surface area contributed by atoms with Gasteiger partial charge in [0.2, 0.25) is 6.29 Å². The molecule has 0 bridgehead atoms. The first kappa shape index (κ1) is 15.0. The maximum Gasteiger partial charge on any atom is 0.311 e. The zero-order chi connectivity index (χ0) is 14.8. The van der Waals surface area contributed by atoms with E-state index in [1.54, 1.807) is 12.1 Å². The zero-order valence-corrected chi connectivity index (χ0v) is 11.8. The molecule has 1 aliphatic rings. The molecule has 0 aromatic heterocycles. The number of ether oxygens (including phenoxy) is 1. The van der Waals surface area contributed by atoms with Crippen LogP contribution in [0, 0.1) is 12.8 Å². The molecule has 1 N–H and O–H groups in total. The van der Waals surface area contributed by atoms with Gasteiger partial charge in [0.25, 0.3) is 10.1 Å². The van der Waals surface area contributed by atoms with Crippen molar-refractivity contribution in [2.75, 3.05) is 6.61 Å². The van der Waals surface area contributed by atoms with E-state index in [-0.39, 0.29) is 10.8 Å². The summed E-state index contributed by atoms with van der Waals surface area (Å²) in [6, 6.07) is 6.03. The Hall–Kier alpha value is -1.44. The lowest BCUT2D eigenvalue weighted by Gasteiger charge is -2.15. The fourth-order valence-electron chi connectivity index (χ4n) is 1.53. The van der Waals surface area contributed by atoms with E-state index in [0.29, 0.717) is 0 Å². The molecule has 0 saturated heterocycles. The quantitative estimate of drug-likeness (QED) is 0.478. The molecule has 2 rings (SSSR count). The number of benzene rings is 1. The molecule has 0 aliphatic heterocycles. The Morgan fingerprint density at radius 1 is 1.35 bits per heavy atom.